The molecule has 0 radical (unpaired) electrons. The van der Waals surface area contributed by atoms with Gasteiger partial charge in [0.05, 0.1) is 22.1 Å². The van der Waals surface area contributed by atoms with E-state index in [1.165, 1.54) is 29.8 Å². The molecule has 33 heavy (non-hydrogen) atoms. The maximum absolute atomic E-state index is 14.6. The zero-order valence-corrected chi connectivity index (χ0v) is 19.4. The Balaban J connectivity index is 1.47. The molecule has 1 aliphatic heterocycles. The van der Waals surface area contributed by atoms with E-state index in [1.807, 2.05) is 29.3 Å². The number of hydrogen-bond acceptors (Lipinski definition) is 5. The predicted molar refractivity (Wildman–Crippen MR) is 125 cm³/mol. The van der Waals surface area contributed by atoms with E-state index >= 15 is 0 Å². The molecule has 2 amide bonds. The number of anilines is 1. The van der Waals surface area contributed by atoms with E-state index in [0.717, 1.165) is 4.88 Å². The van der Waals surface area contributed by atoms with Crippen molar-refractivity contribution in [1.29, 1.82) is 0 Å². The minimum atomic E-state index is -0.699. The Morgan fingerprint density at radius 2 is 2.09 bits per heavy atom. The molecule has 4 rings (SSSR count). The fourth-order valence-electron chi connectivity index (χ4n) is 3.66. The molecule has 0 spiro atoms. The van der Waals surface area contributed by atoms with Crippen molar-refractivity contribution >= 4 is 40.6 Å². The molecule has 0 saturated carbocycles. The summed E-state index contributed by atoms with van der Waals surface area (Å²) in [5.41, 5.74) is 0.537. The topological polar surface area (TPSA) is 80.1 Å². The number of thiophene rings is 1. The maximum Gasteiger partial charge on any atom is 0.276 e. The summed E-state index contributed by atoms with van der Waals surface area (Å²) < 4.78 is 16.2. The van der Waals surface area contributed by atoms with Crippen molar-refractivity contribution in [2.24, 2.45) is 0 Å². The number of nitrogens with one attached hydrogen (secondary N) is 1. The van der Waals surface area contributed by atoms with Crippen LogP contribution in [0.15, 0.2) is 36.0 Å². The Hall–Kier alpha value is -3.22. The summed E-state index contributed by atoms with van der Waals surface area (Å²) in [6.07, 6.45) is 4.55. The van der Waals surface area contributed by atoms with Gasteiger partial charge in [-0.05, 0) is 30.4 Å². The second-order valence-electron chi connectivity index (χ2n) is 7.49. The van der Waals surface area contributed by atoms with Gasteiger partial charge >= 0.3 is 0 Å². The third-order valence-corrected chi connectivity index (χ3v) is 6.42. The molecule has 10 heteroatoms. The summed E-state index contributed by atoms with van der Waals surface area (Å²) in [6.45, 7) is 3.00. The van der Waals surface area contributed by atoms with E-state index in [0.29, 0.717) is 37.9 Å². The number of rotatable bonds is 4. The average molecular weight is 486 g/mol. The first-order chi connectivity index (χ1) is 16.0. The second kappa shape index (κ2) is 10.1. The van der Waals surface area contributed by atoms with Crippen LogP contribution in [0.1, 0.15) is 53.2 Å². The van der Waals surface area contributed by atoms with Crippen molar-refractivity contribution in [3.8, 4) is 11.8 Å². The number of carbonyl (C=O) groups excluding carboxylic acids is 2. The van der Waals surface area contributed by atoms with Crippen LogP contribution in [0.3, 0.4) is 0 Å². The zero-order valence-electron chi connectivity index (χ0n) is 17.8. The first-order valence-corrected chi connectivity index (χ1v) is 11.7. The molecule has 1 fully saturated rings. The van der Waals surface area contributed by atoms with Crippen molar-refractivity contribution in [1.82, 2.24) is 19.7 Å². The third kappa shape index (κ3) is 5.24. The number of likely N-dealkylation sites (tertiary alicyclic amines) is 1. The number of carbonyl (C=O) groups is 2. The van der Waals surface area contributed by atoms with Gasteiger partial charge in [0, 0.05) is 31.3 Å². The standard InChI is InChI=1S/C23H21ClFN5O2S/c1-2-20(31)29-9-7-16(8-10-29)30-21(18(24)14-27-30)23(32)28-22-19(25)12-15(13-26-22)5-6-17-4-3-11-33-17/h3-4,11-14,16H,2,7-10H2,1H3,(H,26,28,32). The Bertz CT molecular complexity index is 1220. The molecule has 3 aromatic heterocycles. The lowest BCUT2D eigenvalue weighted by atomic mass is 10.0. The lowest BCUT2D eigenvalue weighted by Crippen LogP contribution is -2.39. The Morgan fingerprint density at radius 1 is 1.30 bits per heavy atom. The molecular weight excluding hydrogens is 465 g/mol. The van der Waals surface area contributed by atoms with E-state index in [1.54, 1.807) is 4.68 Å². The van der Waals surface area contributed by atoms with Crippen LogP contribution in [0.5, 0.6) is 0 Å². The molecule has 3 aromatic rings. The molecule has 0 aliphatic carbocycles. The van der Waals surface area contributed by atoms with E-state index < -0.39 is 11.7 Å². The first-order valence-electron chi connectivity index (χ1n) is 10.5. The first kappa shape index (κ1) is 23.0. The van der Waals surface area contributed by atoms with Gasteiger partial charge in [0.1, 0.15) is 5.69 Å². The number of piperidine rings is 1. The normalized spacial score (nSPS) is 14.0. The smallest absolute Gasteiger partial charge is 0.276 e. The molecule has 0 aromatic carbocycles. The summed E-state index contributed by atoms with van der Waals surface area (Å²) in [6, 6.07) is 4.89. The van der Waals surface area contributed by atoms with Crippen molar-refractivity contribution in [3.05, 3.63) is 62.9 Å². The molecule has 1 N–H and O–H groups in total. The summed E-state index contributed by atoms with van der Waals surface area (Å²) in [5, 5.41) is 8.82. The third-order valence-electron chi connectivity index (χ3n) is 5.36. The summed E-state index contributed by atoms with van der Waals surface area (Å²) in [7, 11) is 0. The Labute approximate surface area is 199 Å². The molecule has 7 nitrogen and oxygen atoms in total. The summed E-state index contributed by atoms with van der Waals surface area (Å²) in [4.78, 5) is 31.5. The number of hydrogen-bond donors (Lipinski definition) is 1. The highest BCUT2D eigenvalue weighted by atomic mass is 35.5. The van der Waals surface area contributed by atoms with E-state index in [2.05, 4.69) is 27.2 Å². The van der Waals surface area contributed by atoms with Crippen molar-refractivity contribution < 1.29 is 14.0 Å². The number of halogens is 2. The van der Waals surface area contributed by atoms with Gasteiger partial charge in [0.15, 0.2) is 11.6 Å². The van der Waals surface area contributed by atoms with Crippen LogP contribution in [0, 0.1) is 17.7 Å². The highest BCUT2D eigenvalue weighted by Crippen LogP contribution is 2.28. The van der Waals surface area contributed by atoms with Crippen LogP contribution in [0.25, 0.3) is 0 Å². The van der Waals surface area contributed by atoms with Gasteiger partial charge in [-0.15, -0.1) is 11.3 Å². The molecular formula is C23H21ClFN5O2S. The molecule has 1 saturated heterocycles. The lowest BCUT2D eigenvalue weighted by molar-refractivity contribution is -0.132. The van der Waals surface area contributed by atoms with Gasteiger partial charge in [0.25, 0.3) is 5.91 Å². The van der Waals surface area contributed by atoms with Gasteiger partial charge in [-0.1, -0.05) is 36.4 Å². The van der Waals surface area contributed by atoms with Gasteiger partial charge < -0.3 is 10.2 Å². The van der Waals surface area contributed by atoms with Crippen LogP contribution in [0.4, 0.5) is 10.2 Å². The van der Waals surface area contributed by atoms with Gasteiger partial charge in [-0.25, -0.2) is 9.37 Å². The van der Waals surface area contributed by atoms with Crippen LogP contribution < -0.4 is 5.32 Å². The van der Waals surface area contributed by atoms with Crippen LogP contribution >= 0.6 is 22.9 Å². The van der Waals surface area contributed by atoms with E-state index in [4.69, 9.17) is 11.6 Å². The highest BCUT2D eigenvalue weighted by molar-refractivity contribution is 7.10. The largest absolute Gasteiger partial charge is 0.343 e. The molecule has 1 aliphatic rings. The van der Waals surface area contributed by atoms with E-state index in [9.17, 15) is 14.0 Å². The zero-order chi connectivity index (χ0) is 23.4. The SMILES string of the molecule is CCC(=O)N1CCC(n2ncc(Cl)c2C(=O)Nc2ncc(C#Cc3cccs3)cc2F)CC1. The van der Waals surface area contributed by atoms with Gasteiger partial charge in [-0.3, -0.25) is 14.3 Å². The monoisotopic (exact) mass is 485 g/mol. The van der Waals surface area contributed by atoms with Crippen LogP contribution in [0.2, 0.25) is 5.02 Å². The number of nitrogens with zero attached hydrogens (tertiary/aromatic N) is 4. The number of pyridine rings is 1. The average Bonchev–Trinajstić information content (AvgIpc) is 3.48. The Morgan fingerprint density at radius 3 is 2.76 bits per heavy atom. The van der Waals surface area contributed by atoms with Gasteiger partial charge in [-0.2, -0.15) is 5.10 Å². The molecule has 0 atom stereocenters. The fraction of sp³-hybridized carbons (Fsp3) is 0.304. The van der Waals surface area contributed by atoms with Gasteiger partial charge in [0.2, 0.25) is 5.91 Å². The maximum atomic E-state index is 14.6. The highest BCUT2D eigenvalue weighted by Gasteiger charge is 2.28. The predicted octanol–water partition coefficient (Wildman–Crippen LogP) is 4.36. The van der Waals surface area contributed by atoms with Crippen molar-refractivity contribution in [2.75, 3.05) is 18.4 Å². The Kier molecular flexibility index (Phi) is 7.06. The van der Waals surface area contributed by atoms with Crippen LogP contribution in [-0.4, -0.2) is 44.6 Å². The molecule has 0 bridgehead atoms. The molecule has 0 unspecified atom stereocenters. The summed E-state index contributed by atoms with van der Waals surface area (Å²) in [5.74, 6) is 4.38. The second-order valence-corrected chi connectivity index (χ2v) is 8.84. The number of aromatic nitrogens is 3. The van der Waals surface area contributed by atoms with E-state index in [-0.39, 0.29) is 28.5 Å². The molecule has 170 valence electrons. The van der Waals surface area contributed by atoms with Crippen molar-refractivity contribution in [2.45, 2.75) is 32.2 Å². The quantitative estimate of drug-likeness (QED) is 0.557. The minimum Gasteiger partial charge on any atom is -0.343 e. The molecule has 4 heterocycles. The fourth-order valence-corrected chi connectivity index (χ4v) is 4.45. The van der Waals surface area contributed by atoms with Crippen molar-refractivity contribution in [3.63, 3.8) is 0 Å². The van der Waals surface area contributed by atoms with Crippen LogP contribution in [-0.2, 0) is 4.79 Å². The lowest BCUT2D eigenvalue weighted by Gasteiger charge is -2.32. The number of amides is 2. The minimum absolute atomic E-state index is 0.0909. The summed E-state index contributed by atoms with van der Waals surface area (Å²) >= 11 is 7.73.